The largest absolute Gasteiger partial charge is 0.344 e. The minimum Gasteiger partial charge on any atom is -0.344 e. The van der Waals surface area contributed by atoms with E-state index in [9.17, 15) is 0 Å². The van der Waals surface area contributed by atoms with E-state index in [2.05, 4.69) is 66.5 Å². The Morgan fingerprint density at radius 3 is 2.68 bits per heavy atom. The average molecular weight is 333 g/mol. The average Bonchev–Trinajstić information content (AvgIpc) is 2.92. The van der Waals surface area contributed by atoms with Crippen LogP contribution in [0.2, 0.25) is 0 Å². The Morgan fingerprint density at radius 1 is 1.12 bits per heavy atom. The summed E-state index contributed by atoms with van der Waals surface area (Å²) in [6.07, 6.45) is 4.00. The summed E-state index contributed by atoms with van der Waals surface area (Å²) in [5, 5.41) is 1.48. The van der Waals surface area contributed by atoms with Crippen molar-refractivity contribution in [3.8, 4) is 0 Å². The molecule has 3 aromatic rings. The summed E-state index contributed by atoms with van der Waals surface area (Å²) in [6, 6.07) is 11.3. The zero-order valence-corrected chi connectivity index (χ0v) is 15.7. The van der Waals surface area contributed by atoms with Gasteiger partial charge in [-0.3, -0.25) is 9.88 Å². The second kappa shape index (κ2) is 6.30. The van der Waals surface area contributed by atoms with Crippen LogP contribution in [0.4, 0.5) is 0 Å². The third-order valence-electron chi connectivity index (χ3n) is 5.80. The van der Waals surface area contributed by atoms with Gasteiger partial charge in [0.05, 0.1) is 5.52 Å². The van der Waals surface area contributed by atoms with Gasteiger partial charge in [-0.05, 0) is 56.6 Å². The van der Waals surface area contributed by atoms with Gasteiger partial charge in [0.15, 0.2) is 0 Å². The van der Waals surface area contributed by atoms with Crippen molar-refractivity contribution in [3.05, 3.63) is 64.6 Å². The Bertz CT molecular complexity index is 908. The van der Waals surface area contributed by atoms with Gasteiger partial charge in [0, 0.05) is 54.9 Å². The summed E-state index contributed by atoms with van der Waals surface area (Å²) in [6.45, 7) is 8.89. The summed E-state index contributed by atoms with van der Waals surface area (Å²) in [7, 11) is 2.25. The van der Waals surface area contributed by atoms with E-state index in [-0.39, 0.29) is 0 Å². The van der Waals surface area contributed by atoms with Crippen LogP contribution < -0.4 is 0 Å². The summed E-state index contributed by atoms with van der Waals surface area (Å²) in [5.74, 6) is 0. The Labute approximate surface area is 150 Å². The molecule has 0 bridgehead atoms. The van der Waals surface area contributed by atoms with Gasteiger partial charge in [-0.15, -0.1) is 0 Å². The number of benzene rings is 1. The second-order valence-electron chi connectivity index (χ2n) is 7.54. The number of fused-ring (bicyclic) bond motifs is 3. The van der Waals surface area contributed by atoms with Crippen LogP contribution in [-0.2, 0) is 25.9 Å². The molecule has 1 unspecified atom stereocenters. The molecule has 0 saturated heterocycles. The van der Waals surface area contributed by atoms with Crippen molar-refractivity contribution in [2.24, 2.45) is 0 Å². The fraction of sp³-hybridized carbons (Fsp3) is 0.409. The van der Waals surface area contributed by atoms with Gasteiger partial charge in [0.1, 0.15) is 0 Å². The van der Waals surface area contributed by atoms with Gasteiger partial charge in [0.25, 0.3) is 0 Å². The number of pyridine rings is 1. The van der Waals surface area contributed by atoms with Crippen molar-refractivity contribution in [1.29, 1.82) is 0 Å². The smallest absolute Gasteiger partial charge is 0.0518 e. The normalized spacial score (nSPS) is 17.8. The molecule has 2 aromatic heterocycles. The number of aromatic nitrogens is 2. The summed E-state index contributed by atoms with van der Waals surface area (Å²) < 4.78 is 2.59. The first-order chi connectivity index (χ1) is 12.1. The lowest BCUT2D eigenvalue weighted by atomic mass is 9.97. The third kappa shape index (κ3) is 2.77. The molecule has 3 heteroatoms. The number of nitrogens with zero attached hydrogens (tertiary/aromatic N) is 3. The van der Waals surface area contributed by atoms with Crippen molar-refractivity contribution in [2.75, 3.05) is 7.05 Å². The van der Waals surface area contributed by atoms with E-state index >= 15 is 0 Å². The molecule has 0 radical (unpaired) electrons. The highest BCUT2D eigenvalue weighted by Gasteiger charge is 2.27. The van der Waals surface area contributed by atoms with Gasteiger partial charge in [0.2, 0.25) is 0 Å². The summed E-state index contributed by atoms with van der Waals surface area (Å²) in [4.78, 5) is 6.99. The number of hydrogen-bond donors (Lipinski definition) is 0. The molecule has 0 aliphatic carbocycles. The molecule has 1 aliphatic rings. The van der Waals surface area contributed by atoms with Crippen LogP contribution in [0, 0.1) is 13.8 Å². The maximum absolute atomic E-state index is 4.52. The summed E-state index contributed by atoms with van der Waals surface area (Å²) in [5.41, 5.74) is 8.46. The minimum atomic E-state index is 0.589. The lowest BCUT2D eigenvalue weighted by Gasteiger charge is -2.31. The Balaban J connectivity index is 1.85. The highest BCUT2D eigenvalue weighted by Crippen LogP contribution is 2.36. The molecule has 0 fully saturated rings. The van der Waals surface area contributed by atoms with Crippen LogP contribution in [0.15, 0.2) is 36.5 Å². The SMILES string of the molecule is Cc1ccc(C)c2c1c1c(n2CCc2ccccn2)CC(C)N(C)C1. The van der Waals surface area contributed by atoms with E-state index < -0.39 is 0 Å². The lowest BCUT2D eigenvalue weighted by molar-refractivity contribution is 0.228. The maximum atomic E-state index is 4.52. The van der Waals surface area contributed by atoms with E-state index in [1.54, 1.807) is 0 Å². The standard InChI is InChI=1S/C22H27N3/c1-15-8-9-16(2)22-21(15)19-14-24(4)17(3)13-20(19)25(22)12-10-18-7-5-6-11-23-18/h5-9,11,17H,10,12-14H2,1-4H3. The van der Waals surface area contributed by atoms with Crippen LogP contribution in [0.5, 0.6) is 0 Å². The first-order valence-corrected chi connectivity index (χ1v) is 9.26. The molecule has 1 aliphatic heterocycles. The highest BCUT2D eigenvalue weighted by molar-refractivity contribution is 5.91. The summed E-state index contributed by atoms with van der Waals surface area (Å²) >= 11 is 0. The van der Waals surface area contributed by atoms with Crippen LogP contribution in [-0.4, -0.2) is 27.5 Å². The molecular weight excluding hydrogens is 306 g/mol. The first-order valence-electron chi connectivity index (χ1n) is 9.26. The molecule has 0 spiro atoms. The molecule has 25 heavy (non-hydrogen) atoms. The van der Waals surface area contributed by atoms with Gasteiger partial charge < -0.3 is 4.57 Å². The molecular formula is C22H27N3. The van der Waals surface area contributed by atoms with Crippen molar-refractivity contribution < 1.29 is 0 Å². The van der Waals surface area contributed by atoms with Crippen molar-refractivity contribution in [2.45, 2.75) is 52.7 Å². The minimum absolute atomic E-state index is 0.589. The van der Waals surface area contributed by atoms with E-state index in [1.807, 2.05) is 12.3 Å². The fourth-order valence-corrected chi connectivity index (χ4v) is 4.23. The Morgan fingerprint density at radius 2 is 1.92 bits per heavy atom. The van der Waals surface area contributed by atoms with Crippen LogP contribution in [0.25, 0.3) is 10.9 Å². The molecule has 3 nitrogen and oxygen atoms in total. The van der Waals surface area contributed by atoms with E-state index in [0.717, 1.165) is 25.9 Å². The van der Waals surface area contributed by atoms with Gasteiger partial charge >= 0.3 is 0 Å². The number of hydrogen-bond acceptors (Lipinski definition) is 2. The highest BCUT2D eigenvalue weighted by atomic mass is 15.1. The van der Waals surface area contributed by atoms with Crippen LogP contribution in [0.1, 0.15) is 35.0 Å². The number of aryl methyl sites for hydroxylation is 4. The zero-order chi connectivity index (χ0) is 17.6. The lowest BCUT2D eigenvalue weighted by Crippen LogP contribution is -2.35. The third-order valence-corrected chi connectivity index (χ3v) is 5.80. The zero-order valence-electron chi connectivity index (χ0n) is 15.7. The van der Waals surface area contributed by atoms with E-state index in [0.29, 0.717) is 6.04 Å². The molecule has 0 N–H and O–H groups in total. The topological polar surface area (TPSA) is 21.1 Å². The maximum Gasteiger partial charge on any atom is 0.0518 e. The van der Waals surface area contributed by atoms with Gasteiger partial charge in [-0.2, -0.15) is 0 Å². The molecule has 3 heterocycles. The van der Waals surface area contributed by atoms with Gasteiger partial charge in [-0.25, -0.2) is 0 Å². The molecule has 0 amide bonds. The van der Waals surface area contributed by atoms with Crippen molar-refractivity contribution >= 4 is 10.9 Å². The Kier molecular flexibility index (Phi) is 4.12. The quantitative estimate of drug-likeness (QED) is 0.713. The molecule has 0 saturated carbocycles. The fourth-order valence-electron chi connectivity index (χ4n) is 4.23. The number of likely N-dealkylation sites (N-methyl/N-ethyl adjacent to an activating group) is 1. The number of rotatable bonds is 3. The second-order valence-corrected chi connectivity index (χ2v) is 7.54. The van der Waals surface area contributed by atoms with E-state index in [4.69, 9.17) is 0 Å². The molecule has 1 atom stereocenters. The Hall–Kier alpha value is -2.13. The van der Waals surface area contributed by atoms with Crippen LogP contribution >= 0.6 is 0 Å². The first kappa shape index (κ1) is 16.3. The monoisotopic (exact) mass is 333 g/mol. The van der Waals surface area contributed by atoms with Crippen molar-refractivity contribution in [3.63, 3.8) is 0 Å². The molecule has 4 rings (SSSR count). The predicted molar refractivity (Wildman–Crippen MR) is 104 cm³/mol. The molecule has 130 valence electrons. The van der Waals surface area contributed by atoms with Gasteiger partial charge in [-0.1, -0.05) is 18.2 Å². The predicted octanol–water partition coefficient (Wildman–Crippen LogP) is 4.27. The van der Waals surface area contributed by atoms with Crippen LogP contribution in [0.3, 0.4) is 0 Å². The molecule has 1 aromatic carbocycles. The van der Waals surface area contributed by atoms with Crippen molar-refractivity contribution in [1.82, 2.24) is 14.5 Å². The van der Waals surface area contributed by atoms with E-state index in [1.165, 1.54) is 39.0 Å².